The average Bonchev–Trinajstić information content (AvgIpc) is 2.43. The van der Waals surface area contributed by atoms with Crippen LogP contribution in [0.3, 0.4) is 0 Å². The Labute approximate surface area is 118 Å². The number of nitrogens with two attached hydrogens (primary N) is 1. The van der Waals surface area contributed by atoms with Gasteiger partial charge in [0.05, 0.1) is 11.3 Å². The minimum absolute atomic E-state index is 0.0692. The summed E-state index contributed by atoms with van der Waals surface area (Å²) in [6, 6.07) is 9.24. The van der Waals surface area contributed by atoms with Crippen LogP contribution in [0.2, 0.25) is 0 Å². The van der Waals surface area contributed by atoms with Crippen LogP contribution in [0.25, 0.3) is 0 Å². The van der Waals surface area contributed by atoms with E-state index < -0.39 is 0 Å². The van der Waals surface area contributed by atoms with Crippen molar-refractivity contribution >= 4 is 23.4 Å². The molecule has 4 nitrogen and oxygen atoms in total. The van der Waals surface area contributed by atoms with E-state index >= 15 is 0 Å². The predicted octanol–water partition coefficient (Wildman–Crippen LogP) is 2.36. The molecule has 0 fully saturated rings. The van der Waals surface area contributed by atoms with Crippen LogP contribution < -0.4 is 11.1 Å². The number of thioether (sulfide) groups is 1. The summed E-state index contributed by atoms with van der Waals surface area (Å²) >= 11 is 1.68. The van der Waals surface area contributed by atoms with Crippen molar-refractivity contribution in [2.45, 2.75) is 25.8 Å². The molecule has 0 aromatic heterocycles. The summed E-state index contributed by atoms with van der Waals surface area (Å²) in [6.07, 6.45) is 1.38. The summed E-state index contributed by atoms with van der Waals surface area (Å²) in [5.41, 5.74) is 6.85. The van der Waals surface area contributed by atoms with Crippen LogP contribution in [0.15, 0.2) is 24.3 Å². The van der Waals surface area contributed by atoms with Gasteiger partial charge in [-0.3, -0.25) is 4.79 Å². The zero-order valence-corrected chi connectivity index (χ0v) is 11.9. The highest BCUT2D eigenvalue weighted by Gasteiger charge is 2.06. The lowest BCUT2D eigenvalue weighted by Crippen LogP contribution is -2.22. The van der Waals surface area contributed by atoms with E-state index in [0.29, 0.717) is 17.7 Å². The standard InChI is InChI=1S/C14H19N3OS/c1-2-12(16)10-19-8-7-14(18)17-13-6-4-3-5-11(13)9-15/h3-6,12H,2,7-8,10,16H2,1H3,(H,17,18). The molecule has 1 amide bonds. The number of hydrogen-bond donors (Lipinski definition) is 2. The van der Waals surface area contributed by atoms with Crippen molar-refractivity contribution in [1.82, 2.24) is 0 Å². The number of nitrogens with zero attached hydrogens (tertiary/aromatic N) is 1. The van der Waals surface area contributed by atoms with Gasteiger partial charge in [0.1, 0.15) is 6.07 Å². The Balaban J connectivity index is 2.34. The second-order valence-electron chi connectivity index (χ2n) is 4.20. The fourth-order valence-electron chi connectivity index (χ4n) is 1.42. The number of nitrogens with one attached hydrogen (secondary N) is 1. The smallest absolute Gasteiger partial charge is 0.225 e. The molecular weight excluding hydrogens is 258 g/mol. The molecule has 0 aliphatic heterocycles. The monoisotopic (exact) mass is 277 g/mol. The summed E-state index contributed by atoms with van der Waals surface area (Å²) in [4.78, 5) is 11.7. The van der Waals surface area contributed by atoms with Crippen LogP contribution in [0.5, 0.6) is 0 Å². The topological polar surface area (TPSA) is 78.9 Å². The van der Waals surface area contributed by atoms with Crippen LogP contribution in [0.4, 0.5) is 5.69 Å². The number of rotatable bonds is 7. The Kier molecular flexibility index (Phi) is 7.01. The van der Waals surface area contributed by atoms with Crippen molar-refractivity contribution in [3.63, 3.8) is 0 Å². The van der Waals surface area contributed by atoms with Gasteiger partial charge in [0.25, 0.3) is 0 Å². The molecule has 3 N–H and O–H groups in total. The first kappa shape index (κ1) is 15.5. The molecule has 1 atom stereocenters. The van der Waals surface area contributed by atoms with Gasteiger partial charge in [0.2, 0.25) is 5.91 Å². The lowest BCUT2D eigenvalue weighted by Gasteiger charge is -2.09. The van der Waals surface area contributed by atoms with Crippen molar-refractivity contribution in [3.8, 4) is 6.07 Å². The van der Waals surface area contributed by atoms with Gasteiger partial charge >= 0.3 is 0 Å². The number of benzene rings is 1. The molecule has 1 aromatic rings. The normalized spacial score (nSPS) is 11.6. The Hall–Kier alpha value is -1.51. The van der Waals surface area contributed by atoms with Crippen molar-refractivity contribution in [2.75, 3.05) is 16.8 Å². The molecule has 0 aliphatic carbocycles. The van der Waals surface area contributed by atoms with Crippen LogP contribution in [-0.2, 0) is 4.79 Å². The molecule has 0 saturated heterocycles. The van der Waals surface area contributed by atoms with Gasteiger partial charge in [0.15, 0.2) is 0 Å². The quantitative estimate of drug-likeness (QED) is 0.750. The third kappa shape index (κ3) is 5.77. The van der Waals surface area contributed by atoms with Gasteiger partial charge in [-0.25, -0.2) is 0 Å². The minimum atomic E-state index is -0.0692. The summed E-state index contributed by atoms with van der Waals surface area (Å²) in [5.74, 6) is 1.55. The van der Waals surface area contributed by atoms with Crippen molar-refractivity contribution in [1.29, 1.82) is 5.26 Å². The Morgan fingerprint density at radius 3 is 2.95 bits per heavy atom. The lowest BCUT2D eigenvalue weighted by atomic mass is 10.2. The third-order valence-corrected chi connectivity index (χ3v) is 3.81. The average molecular weight is 277 g/mol. The van der Waals surface area contributed by atoms with Gasteiger partial charge in [-0.1, -0.05) is 19.1 Å². The highest BCUT2D eigenvalue weighted by Crippen LogP contribution is 2.14. The van der Waals surface area contributed by atoms with Crippen molar-refractivity contribution in [2.24, 2.45) is 5.73 Å². The fourth-order valence-corrected chi connectivity index (χ4v) is 2.45. The molecule has 1 unspecified atom stereocenters. The molecule has 0 bridgehead atoms. The molecule has 0 heterocycles. The van der Waals surface area contributed by atoms with Crippen molar-refractivity contribution in [3.05, 3.63) is 29.8 Å². The van der Waals surface area contributed by atoms with E-state index in [9.17, 15) is 4.79 Å². The Bertz CT molecular complexity index is 456. The minimum Gasteiger partial charge on any atom is -0.327 e. The zero-order valence-electron chi connectivity index (χ0n) is 11.1. The molecule has 0 saturated carbocycles. The van der Waals surface area contributed by atoms with E-state index in [-0.39, 0.29) is 11.9 Å². The highest BCUT2D eigenvalue weighted by atomic mass is 32.2. The molecule has 0 radical (unpaired) electrons. The first-order valence-electron chi connectivity index (χ1n) is 6.29. The van der Waals surface area contributed by atoms with Crippen LogP contribution in [-0.4, -0.2) is 23.5 Å². The SMILES string of the molecule is CCC(N)CSCCC(=O)Nc1ccccc1C#N. The van der Waals surface area contributed by atoms with E-state index in [2.05, 4.69) is 18.3 Å². The van der Waals surface area contributed by atoms with Crippen LogP contribution in [0.1, 0.15) is 25.3 Å². The molecule has 102 valence electrons. The second-order valence-corrected chi connectivity index (χ2v) is 5.35. The summed E-state index contributed by atoms with van der Waals surface area (Å²) in [6.45, 7) is 2.05. The van der Waals surface area contributed by atoms with Gasteiger partial charge in [-0.15, -0.1) is 0 Å². The van der Waals surface area contributed by atoms with E-state index in [1.54, 1.807) is 36.0 Å². The maximum atomic E-state index is 11.7. The third-order valence-electron chi connectivity index (χ3n) is 2.65. The van der Waals surface area contributed by atoms with E-state index in [0.717, 1.165) is 17.9 Å². The first-order chi connectivity index (χ1) is 9.17. The van der Waals surface area contributed by atoms with E-state index in [4.69, 9.17) is 11.0 Å². The van der Waals surface area contributed by atoms with Crippen molar-refractivity contribution < 1.29 is 4.79 Å². The second kappa shape index (κ2) is 8.57. The molecule has 19 heavy (non-hydrogen) atoms. The maximum absolute atomic E-state index is 11.7. The van der Waals surface area contributed by atoms with Gasteiger partial charge in [-0.05, 0) is 18.6 Å². The number of nitriles is 1. The largest absolute Gasteiger partial charge is 0.327 e. The molecule has 1 aromatic carbocycles. The molecular formula is C14H19N3OS. The van der Waals surface area contributed by atoms with E-state index in [1.165, 1.54) is 0 Å². The Morgan fingerprint density at radius 2 is 2.26 bits per heavy atom. The summed E-state index contributed by atoms with van der Waals surface area (Å²) in [7, 11) is 0. The van der Waals surface area contributed by atoms with Crippen LogP contribution in [0, 0.1) is 11.3 Å². The van der Waals surface area contributed by atoms with Gasteiger partial charge in [-0.2, -0.15) is 17.0 Å². The fraction of sp³-hybridized carbons (Fsp3) is 0.429. The summed E-state index contributed by atoms with van der Waals surface area (Å²) in [5, 5.41) is 11.7. The number of hydrogen-bond acceptors (Lipinski definition) is 4. The molecule has 0 spiro atoms. The van der Waals surface area contributed by atoms with Gasteiger partial charge in [0, 0.05) is 24.0 Å². The lowest BCUT2D eigenvalue weighted by molar-refractivity contribution is -0.115. The number of para-hydroxylation sites is 1. The summed E-state index contributed by atoms with van der Waals surface area (Å²) < 4.78 is 0. The van der Waals surface area contributed by atoms with Gasteiger partial charge < -0.3 is 11.1 Å². The maximum Gasteiger partial charge on any atom is 0.225 e. The Morgan fingerprint density at radius 1 is 1.53 bits per heavy atom. The van der Waals surface area contributed by atoms with Crippen LogP contribution >= 0.6 is 11.8 Å². The number of carbonyl (C=O) groups is 1. The van der Waals surface area contributed by atoms with E-state index in [1.807, 2.05) is 0 Å². The number of amides is 1. The molecule has 0 aliphatic rings. The molecule has 1 rings (SSSR count). The molecule has 5 heteroatoms. The number of carbonyl (C=O) groups excluding carboxylic acids is 1. The highest BCUT2D eigenvalue weighted by molar-refractivity contribution is 7.99. The predicted molar refractivity (Wildman–Crippen MR) is 80.0 cm³/mol. The zero-order chi connectivity index (χ0) is 14.1. The number of anilines is 1. The first-order valence-corrected chi connectivity index (χ1v) is 7.45.